The quantitative estimate of drug-likeness (QED) is 0.678. The van der Waals surface area contributed by atoms with Gasteiger partial charge in [-0.15, -0.1) is 0 Å². The van der Waals surface area contributed by atoms with E-state index in [0.29, 0.717) is 0 Å². The average Bonchev–Trinajstić information content (AvgIpc) is 3.16. The highest BCUT2D eigenvalue weighted by molar-refractivity contribution is 8.05. The minimum absolute atomic E-state index is 0.0365. The molecule has 4 rings (SSSR count). The summed E-state index contributed by atoms with van der Waals surface area (Å²) >= 11 is 1.52. The number of rotatable bonds is 4. The molecule has 1 aliphatic rings. The fraction of sp³-hybridized carbons (Fsp3) is 0.190. The molecule has 0 radical (unpaired) electrons. The molecule has 0 bridgehead atoms. The smallest absolute Gasteiger partial charge is 0.260 e. The van der Waals surface area contributed by atoms with Gasteiger partial charge < -0.3 is 15.2 Å². The molecule has 1 saturated heterocycles. The van der Waals surface area contributed by atoms with Crippen molar-refractivity contribution in [1.82, 2.24) is 9.88 Å². The van der Waals surface area contributed by atoms with E-state index in [1.807, 2.05) is 25.3 Å². The normalized spacial score (nSPS) is 18.5. The molecule has 3 aromatic rings. The van der Waals surface area contributed by atoms with Crippen LogP contribution in [0.2, 0.25) is 0 Å². The van der Waals surface area contributed by atoms with Crippen LogP contribution >= 0.6 is 11.8 Å². The lowest BCUT2D eigenvalue weighted by Gasteiger charge is -2.12. The van der Waals surface area contributed by atoms with Gasteiger partial charge in [0.25, 0.3) is 5.91 Å². The molecule has 5 heteroatoms. The van der Waals surface area contributed by atoms with Gasteiger partial charge in [0, 0.05) is 35.4 Å². The Labute approximate surface area is 157 Å². The predicted octanol–water partition coefficient (Wildman–Crippen LogP) is 4.34. The van der Waals surface area contributed by atoms with Gasteiger partial charge >= 0.3 is 0 Å². The van der Waals surface area contributed by atoms with Gasteiger partial charge in [-0.05, 0) is 36.3 Å². The van der Waals surface area contributed by atoms with Gasteiger partial charge in [-0.3, -0.25) is 4.79 Å². The summed E-state index contributed by atoms with van der Waals surface area (Å²) in [5.74, 6) is -0.0365. The van der Waals surface area contributed by atoms with E-state index in [2.05, 4.69) is 64.7 Å². The lowest BCUT2D eigenvalue weighted by molar-refractivity contribution is -0.116. The molecule has 2 aromatic carbocycles. The number of thioether (sulfide) groups is 1. The van der Waals surface area contributed by atoms with Crippen LogP contribution in [0.3, 0.4) is 0 Å². The average molecular weight is 363 g/mol. The van der Waals surface area contributed by atoms with Crippen molar-refractivity contribution < 1.29 is 4.79 Å². The van der Waals surface area contributed by atoms with Crippen molar-refractivity contribution in [3.8, 4) is 0 Å². The van der Waals surface area contributed by atoms with Gasteiger partial charge in [-0.2, -0.15) is 0 Å². The maximum absolute atomic E-state index is 12.4. The molecule has 1 fully saturated rings. The van der Waals surface area contributed by atoms with Crippen LogP contribution < -0.4 is 10.6 Å². The molecule has 1 aromatic heterocycles. The highest BCUT2D eigenvalue weighted by Gasteiger charge is 2.27. The Bertz CT molecular complexity index is 988. The molecule has 2 heterocycles. The lowest BCUT2D eigenvalue weighted by Crippen LogP contribution is -2.30. The largest absolute Gasteiger partial charge is 0.357 e. The summed E-state index contributed by atoms with van der Waals surface area (Å²) in [4.78, 5) is 13.1. The van der Waals surface area contributed by atoms with E-state index in [4.69, 9.17) is 0 Å². The third kappa shape index (κ3) is 3.22. The number of nitrogens with one attached hydrogen (secondary N) is 2. The molecule has 2 N–H and O–H groups in total. The number of anilines is 1. The number of fused-ring (bicyclic) bond motifs is 1. The molecule has 0 saturated carbocycles. The van der Waals surface area contributed by atoms with Crippen LogP contribution in [-0.4, -0.2) is 16.0 Å². The zero-order chi connectivity index (χ0) is 18.1. The number of para-hydroxylation sites is 1. The number of amides is 1. The van der Waals surface area contributed by atoms with Crippen LogP contribution in [0.5, 0.6) is 0 Å². The van der Waals surface area contributed by atoms with E-state index in [1.54, 1.807) is 0 Å². The van der Waals surface area contributed by atoms with E-state index in [1.165, 1.54) is 17.3 Å². The van der Waals surface area contributed by atoms with Crippen LogP contribution in [0.4, 0.5) is 5.69 Å². The summed E-state index contributed by atoms with van der Waals surface area (Å²) in [7, 11) is 2.02. The Morgan fingerprint density at radius 2 is 1.96 bits per heavy atom. The first-order valence-corrected chi connectivity index (χ1v) is 9.61. The van der Waals surface area contributed by atoms with Crippen molar-refractivity contribution in [3.63, 3.8) is 0 Å². The number of hydrogen-bond acceptors (Lipinski definition) is 3. The number of benzene rings is 2. The molecule has 0 spiro atoms. The van der Waals surface area contributed by atoms with Crippen molar-refractivity contribution in [3.05, 3.63) is 70.8 Å². The Kier molecular flexibility index (Phi) is 4.47. The highest BCUT2D eigenvalue weighted by atomic mass is 32.2. The third-order valence-electron chi connectivity index (χ3n) is 4.61. The summed E-state index contributed by atoms with van der Waals surface area (Å²) in [5.41, 5.74) is 4.37. The Balaban J connectivity index is 1.54. The van der Waals surface area contributed by atoms with Gasteiger partial charge in [-0.1, -0.05) is 49.0 Å². The van der Waals surface area contributed by atoms with E-state index >= 15 is 0 Å². The molecular formula is C21H21N3OS. The van der Waals surface area contributed by atoms with Crippen LogP contribution in [0.25, 0.3) is 17.0 Å². The fourth-order valence-electron chi connectivity index (χ4n) is 3.18. The topological polar surface area (TPSA) is 46.1 Å². The minimum atomic E-state index is -0.156. The number of nitrogens with zero attached hydrogens (tertiary/aromatic N) is 1. The van der Waals surface area contributed by atoms with E-state index < -0.39 is 0 Å². The molecule has 1 aliphatic heterocycles. The third-order valence-corrected chi connectivity index (χ3v) is 5.63. The molecular weight excluding hydrogens is 342 g/mol. The lowest BCUT2D eigenvalue weighted by atomic mass is 10.1. The van der Waals surface area contributed by atoms with Gasteiger partial charge in [-0.25, -0.2) is 0 Å². The highest BCUT2D eigenvalue weighted by Crippen LogP contribution is 2.32. The van der Waals surface area contributed by atoms with Gasteiger partial charge in [0.2, 0.25) is 0 Å². The second-order valence-electron chi connectivity index (χ2n) is 6.39. The van der Waals surface area contributed by atoms with Gasteiger partial charge in [0.05, 0.1) is 4.91 Å². The van der Waals surface area contributed by atoms with Crippen molar-refractivity contribution in [2.75, 3.05) is 5.32 Å². The zero-order valence-corrected chi connectivity index (χ0v) is 15.6. The monoisotopic (exact) mass is 363 g/mol. The number of carbonyl (C=O) groups excluding carboxylic acids is 1. The summed E-state index contributed by atoms with van der Waals surface area (Å²) in [6, 6.07) is 16.5. The van der Waals surface area contributed by atoms with E-state index in [0.717, 1.165) is 33.5 Å². The number of aromatic nitrogens is 1. The molecule has 0 aliphatic carbocycles. The number of aryl methyl sites for hydroxylation is 2. The summed E-state index contributed by atoms with van der Waals surface area (Å²) in [5, 5.41) is 7.51. The second kappa shape index (κ2) is 6.92. The van der Waals surface area contributed by atoms with Gasteiger partial charge in [0.1, 0.15) is 0 Å². The second-order valence-corrected chi connectivity index (χ2v) is 7.53. The first-order valence-electron chi connectivity index (χ1n) is 8.73. The Hall–Kier alpha value is -2.66. The maximum atomic E-state index is 12.4. The number of carbonyl (C=O) groups is 1. The Morgan fingerprint density at radius 1 is 1.19 bits per heavy atom. The molecule has 132 valence electrons. The van der Waals surface area contributed by atoms with Crippen molar-refractivity contribution >= 4 is 40.3 Å². The van der Waals surface area contributed by atoms with E-state index in [9.17, 15) is 4.79 Å². The standard InChI is InChI=1S/C21H21N3OS/c1-3-14-8-10-16(11-9-14)22-21-23-20(25)19(26-21)12-15-13-24(2)18-7-5-4-6-17(15)18/h4-13,21-22H,3H2,1-2H3,(H,23,25)/b19-12-/t21-/m0/s1. The van der Waals surface area contributed by atoms with E-state index in [-0.39, 0.29) is 11.4 Å². The van der Waals surface area contributed by atoms with Crippen LogP contribution in [0.15, 0.2) is 59.6 Å². The summed E-state index contributed by atoms with van der Waals surface area (Å²) in [6.07, 6.45) is 5.06. The molecule has 26 heavy (non-hydrogen) atoms. The summed E-state index contributed by atoms with van der Waals surface area (Å²) in [6.45, 7) is 2.14. The van der Waals surface area contributed by atoms with Crippen molar-refractivity contribution in [2.45, 2.75) is 18.8 Å². The van der Waals surface area contributed by atoms with Crippen molar-refractivity contribution in [1.29, 1.82) is 0 Å². The van der Waals surface area contributed by atoms with Crippen LogP contribution in [0, 0.1) is 0 Å². The maximum Gasteiger partial charge on any atom is 0.260 e. The van der Waals surface area contributed by atoms with Crippen LogP contribution in [-0.2, 0) is 18.3 Å². The Morgan fingerprint density at radius 3 is 2.73 bits per heavy atom. The van der Waals surface area contributed by atoms with Crippen molar-refractivity contribution in [2.24, 2.45) is 7.05 Å². The van der Waals surface area contributed by atoms with Crippen LogP contribution in [0.1, 0.15) is 18.1 Å². The van der Waals surface area contributed by atoms with Gasteiger partial charge in [0.15, 0.2) is 5.50 Å². The zero-order valence-electron chi connectivity index (χ0n) is 14.8. The SMILES string of the molecule is CCc1ccc(N[C@H]2NC(=O)/C(=C/c3cn(C)c4ccccc34)S2)cc1. The molecule has 0 unspecified atom stereocenters. The predicted molar refractivity (Wildman–Crippen MR) is 110 cm³/mol. The number of hydrogen-bond donors (Lipinski definition) is 2. The molecule has 1 atom stereocenters. The minimum Gasteiger partial charge on any atom is -0.357 e. The first-order chi connectivity index (χ1) is 12.6. The molecule has 1 amide bonds. The first kappa shape index (κ1) is 16.8. The molecule has 4 nitrogen and oxygen atoms in total. The fourth-order valence-corrected chi connectivity index (χ4v) is 4.16. The summed E-state index contributed by atoms with van der Waals surface area (Å²) < 4.78 is 2.09.